The number of carboxylic acids is 1. The molecule has 3 fully saturated rings. The fourth-order valence-corrected chi connectivity index (χ4v) is 3.03. The first-order valence-corrected chi connectivity index (χ1v) is 7.04. The van der Waals surface area contributed by atoms with Gasteiger partial charge in [-0.2, -0.15) is 0 Å². The Hall–Kier alpha value is -1.30. The molecule has 0 aromatic carbocycles. The molecule has 2 saturated carbocycles. The lowest BCUT2D eigenvalue weighted by Gasteiger charge is -2.25. The van der Waals surface area contributed by atoms with Crippen LogP contribution in [0.15, 0.2) is 0 Å². The molecule has 2 atom stereocenters. The zero-order valence-electron chi connectivity index (χ0n) is 10.8. The molecule has 106 valence electrons. The number of nitrogens with one attached hydrogen (secondary N) is 1. The number of urea groups is 1. The van der Waals surface area contributed by atoms with Gasteiger partial charge in [0, 0.05) is 19.0 Å². The second kappa shape index (κ2) is 4.67. The van der Waals surface area contributed by atoms with Crippen LogP contribution >= 0.6 is 0 Å². The minimum absolute atomic E-state index is 0.116. The minimum Gasteiger partial charge on any atom is -0.480 e. The summed E-state index contributed by atoms with van der Waals surface area (Å²) in [5.74, 6) is 0.112. The van der Waals surface area contributed by atoms with Crippen molar-refractivity contribution in [2.24, 2.45) is 11.8 Å². The van der Waals surface area contributed by atoms with Gasteiger partial charge in [0.05, 0.1) is 6.10 Å². The van der Waals surface area contributed by atoms with Crippen LogP contribution < -0.4 is 5.32 Å². The van der Waals surface area contributed by atoms with Gasteiger partial charge in [0.2, 0.25) is 0 Å². The van der Waals surface area contributed by atoms with Gasteiger partial charge in [0.15, 0.2) is 0 Å². The molecule has 6 nitrogen and oxygen atoms in total. The smallest absolute Gasteiger partial charge is 0.326 e. The van der Waals surface area contributed by atoms with Crippen LogP contribution in [0.5, 0.6) is 0 Å². The number of nitrogens with zero attached hydrogens (tertiary/aromatic N) is 1. The number of amides is 2. The molecule has 3 rings (SSSR count). The van der Waals surface area contributed by atoms with Crippen LogP contribution in [-0.2, 0) is 4.79 Å². The summed E-state index contributed by atoms with van der Waals surface area (Å²) in [6.45, 7) is 0.116. The van der Waals surface area contributed by atoms with Crippen LogP contribution in [0.3, 0.4) is 0 Å². The van der Waals surface area contributed by atoms with Gasteiger partial charge in [-0.3, -0.25) is 0 Å². The van der Waals surface area contributed by atoms with E-state index in [1.165, 1.54) is 4.90 Å². The van der Waals surface area contributed by atoms with Gasteiger partial charge in [-0.25, -0.2) is 9.59 Å². The highest BCUT2D eigenvalue weighted by Gasteiger charge is 2.45. The minimum atomic E-state index is -1.04. The maximum absolute atomic E-state index is 12.2. The zero-order chi connectivity index (χ0) is 13.6. The standard InChI is InChI=1S/C13H20N2O4/c16-9-5-10(12(17)18)15(6-9)13(19)14-11(7-1-2-7)8-3-4-8/h7-11,16H,1-6H2,(H,14,19)(H,17,18). The molecule has 0 bridgehead atoms. The highest BCUT2D eigenvalue weighted by molar-refractivity contribution is 5.83. The highest BCUT2D eigenvalue weighted by Crippen LogP contribution is 2.44. The summed E-state index contributed by atoms with van der Waals surface area (Å²) in [5, 5.41) is 21.7. The molecule has 0 spiro atoms. The number of aliphatic hydroxyl groups is 1. The molecule has 6 heteroatoms. The van der Waals surface area contributed by atoms with Crippen molar-refractivity contribution in [3.63, 3.8) is 0 Å². The van der Waals surface area contributed by atoms with Crippen molar-refractivity contribution < 1.29 is 19.8 Å². The summed E-state index contributed by atoms with van der Waals surface area (Å²) in [6, 6.07) is -1.01. The summed E-state index contributed by atoms with van der Waals surface area (Å²) in [4.78, 5) is 24.6. The van der Waals surface area contributed by atoms with E-state index in [9.17, 15) is 14.7 Å². The first-order valence-electron chi connectivity index (χ1n) is 7.04. The summed E-state index contributed by atoms with van der Waals surface area (Å²) >= 11 is 0. The van der Waals surface area contributed by atoms with E-state index in [1.54, 1.807) is 0 Å². The number of likely N-dealkylation sites (tertiary alicyclic amines) is 1. The average molecular weight is 268 g/mol. The number of β-amino-alcohol motifs (C(OH)–C–C–N with tert-alkyl or cyclic N) is 1. The molecule has 1 saturated heterocycles. The number of aliphatic hydroxyl groups excluding tert-OH is 1. The van der Waals surface area contributed by atoms with Crippen molar-refractivity contribution in [1.29, 1.82) is 0 Å². The second-order valence-electron chi connectivity index (χ2n) is 6.05. The summed E-state index contributed by atoms with van der Waals surface area (Å²) in [5.41, 5.74) is 0. The Morgan fingerprint density at radius 2 is 1.74 bits per heavy atom. The Morgan fingerprint density at radius 1 is 1.16 bits per heavy atom. The van der Waals surface area contributed by atoms with Crippen LogP contribution in [0, 0.1) is 11.8 Å². The van der Waals surface area contributed by atoms with Crippen molar-refractivity contribution >= 4 is 12.0 Å². The van der Waals surface area contributed by atoms with E-state index in [0.29, 0.717) is 11.8 Å². The van der Waals surface area contributed by atoms with Crippen LogP contribution in [0.25, 0.3) is 0 Å². The number of hydrogen-bond donors (Lipinski definition) is 3. The molecule has 1 aliphatic heterocycles. The topological polar surface area (TPSA) is 89.9 Å². The van der Waals surface area contributed by atoms with Gasteiger partial charge in [-0.05, 0) is 37.5 Å². The molecule has 0 aromatic heterocycles. The molecule has 2 unspecified atom stereocenters. The van der Waals surface area contributed by atoms with Crippen LogP contribution in [0.2, 0.25) is 0 Å². The van der Waals surface area contributed by atoms with Gasteiger partial charge >= 0.3 is 12.0 Å². The van der Waals surface area contributed by atoms with E-state index < -0.39 is 18.1 Å². The summed E-state index contributed by atoms with van der Waals surface area (Å²) < 4.78 is 0. The van der Waals surface area contributed by atoms with E-state index in [1.807, 2.05) is 0 Å². The van der Waals surface area contributed by atoms with Gasteiger partial charge in [-0.15, -0.1) is 0 Å². The molecule has 3 aliphatic rings. The molecule has 1 heterocycles. The quantitative estimate of drug-likeness (QED) is 0.688. The molecule has 2 aliphatic carbocycles. The molecule has 0 radical (unpaired) electrons. The second-order valence-corrected chi connectivity index (χ2v) is 6.05. The Kier molecular flexibility index (Phi) is 3.12. The third-order valence-corrected chi connectivity index (χ3v) is 4.37. The Morgan fingerprint density at radius 3 is 2.21 bits per heavy atom. The number of hydrogen-bond acceptors (Lipinski definition) is 3. The van der Waals surface area contributed by atoms with E-state index in [0.717, 1.165) is 25.7 Å². The van der Waals surface area contributed by atoms with E-state index >= 15 is 0 Å². The first kappa shape index (κ1) is 12.7. The lowest BCUT2D eigenvalue weighted by Crippen LogP contribution is -2.50. The fraction of sp³-hybridized carbons (Fsp3) is 0.846. The number of aliphatic carboxylic acids is 1. The monoisotopic (exact) mass is 268 g/mol. The van der Waals surface area contributed by atoms with Gasteiger partial charge in [-0.1, -0.05) is 0 Å². The van der Waals surface area contributed by atoms with Crippen molar-refractivity contribution in [2.75, 3.05) is 6.54 Å². The molecule has 0 aromatic rings. The first-order chi connectivity index (χ1) is 9.06. The maximum Gasteiger partial charge on any atom is 0.326 e. The maximum atomic E-state index is 12.2. The highest BCUT2D eigenvalue weighted by atomic mass is 16.4. The Labute approximate surface area is 111 Å². The molecule has 3 N–H and O–H groups in total. The Bertz CT molecular complexity index is 380. The lowest BCUT2D eigenvalue weighted by atomic mass is 10.1. The lowest BCUT2D eigenvalue weighted by molar-refractivity contribution is -0.141. The van der Waals surface area contributed by atoms with Gasteiger partial charge in [0.25, 0.3) is 0 Å². The Balaban J connectivity index is 1.63. The SMILES string of the molecule is O=C(O)C1CC(O)CN1C(=O)NC(C1CC1)C1CC1. The molecule has 2 amide bonds. The van der Waals surface area contributed by atoms with Crippen LogP contribution in [-0.4, -0.2) is 51.8 Å². The van der Waals surface area contributed by atoms with E-state index in [4.69, 9.17) is 5.11 Å². The third-order valence-electron chi connectivity index (χ3n) is 4.37. The van der Waals surface area contributed by atoms with E-state index in [2.05, 4.69) is 5.32 Å². The normalized spacial score (nSPS) is 30.7. The van der Waals surface area contributed by atoms with Gasteiger partial charge < -0.3 is 20.4 Å². The molecular weight excluding hydrogens is 248 g/mol. The van der Waals surface area contributed by atoms with Gasteiger partial charge in [0.1, 0.15) is 6.04 Å². The van der Waals surface area contributed by atoms with Crippen molar-refractivity contribution in [3.05, 3.63) is 0 Å². The third kappa shape index (κ3) is 2.68. The van der Waals surface area contributed by atoms with Crippen molar-refractivity contribution in [1.82, 2.24) is 10.2 Å². The predicted molar refractivity (Wildman–Crippen MR) is 66.5 cm³/mol. The van der Waals surface area contributed by atoms with E-state index in [-0.39, 0.29) is 25.0 Å². The number of carbonyl (C=O) groups is 2. The number of carboxylic acid groups (broad SMARTS) is 1. The van der Waals surface area contributed by atoms with Crippen molar-refractivity contribution in [2.45, 2.75) is 50.3 Å². The molecule has 19 heavy (non-hydrogen) atoms. The predicted octanol–water partition coefficient (Wildman–Crippen LogP) is 0.404. The average Bonchev–Trinajstić information content (AvgIpc) is 3.23. The number of rotatable bonds is 4. The fourth-order valence-electron chi connectivity index (χ4n) is 3.03. The van der Waals surface area contributed by atoms with Crippen molar-refractivity contribution in [3.8, 4) is 0 Å². The summed E-state index contributed by atoms with van der Waals surface area (Å²) in [6.07, 6.45) is 4.03. The molecular formula is C13H20N2O4. The zero-order valence-corrected chi connectivity index (χ0v) is 10.8. The van der Waals surface area contributed by atoms with Crippen LogP contribution in [0.4, 0.5) is 4.79 Å². The largest absolute Gasteiger partial charge is 0.480 e. The summed E-state index contributed by atoms with van der Waals surface area (Å²) in [7, 11) is 0. The van der Waals surface area contributed by atoms with Crippen LogP contribution in [0.1, 0.15) is 32.1 Å². The number of carbonyl (C=O) groups excluding carboxylic acids is 1.